The van der Waals surface area contributed by atoms with E-state index >= 15 is 0 Å². The van der Waals surface area contributed by atoms with Crippen LogP contribution in [0.4, 0.5) is 5.69 Å². The highest BCUT2D eigenvalue weighted by Crippen LogP contribution is 2.34. The van der Waals surface area contributed by atoms with Gasteiger partial charge in [0.1, 0.15) is 0 Å². The maximum atomic E-state index is 12.8. The summed E-state index contributed by atoms with van der Waals surface area (Å²) in [5.74, 6) is -1.16. The van der Waals surface area contributed by atoms with Crippen LogP contribution in [0.3, 0.4) is 0 Å². The van der Waals surface area contributed by atoms with Crippen LogP contribution in [-0.2, 0) is 4.74 Å². The molecule has 0 aliphatic rings. The van der Waals surface area contributed by atoms with E-state index in [1.54, 1.807) is 17.5 Å². The molecular formula is C22H17Cl2NO6S. The van der Waals surface area contributed by atoms with Gasteiger partial charge < -0.3 is 19.5 Å². The number of ketones is 1. The SMILES string of the molecule is COc1cc(NC(=O)c2cccs2)c(C(=O)OCC(=O)c2ccc(Cl)c(Cl)c2)cc1OC. The van der Waals surface area contributed by atoms with E-state index in [-0.39, 0.29) is 27.6 Å². The molecule has 3 rings (SSSR count). The molecule has 10 heteroatoms. The van der Waals surface area contributed by atoms with E-state index < -0.39 is 24.3 Å². The summed E-state index contributed by atoms with van der Waals surface area (Å²) in [5, 5.41) is 4.94. The minimum Gasteiger partial charge on any atom is -0.493 e. The van der Waals surface area contributed by atoms with Gasteiger partial charge in [0.05, 0.1) is 40.4 Å². The molecule has 1 amide bonds. The lowest BCUT2D eigenvalue weighted by Gasteiger charge is -2.15. The van der Waals surface area contributed by atoms with Crippen molar-refractivity contribution in [1.29, 1.82) is 0 Å². The van der Waals surface area contributed by atoms with Gasteiger partial charge in [-0.3, -0.25) is 9.59 Å². The highest BCUT2D eigenvalue weighted by Gasteiger charge is 2.22. The molecular weight excluding hydrogens is 477 g/mol. The Balaban J connectivity index is 1.83. The fraction of sp³-hybridized carbons (Fsp3) is 0.136. The van der Waals surface area contributed by atoms with Crippen molar-refractivity contribution in [3.8, 4) is 11.5 Å². The van der Waals surface area contributed by atoms with Gasteiger partial charge >= 0.3 is 5.97 Å². The number of methoxy groups -OCH3 is 2. The number of nitrogens with one attached hydrogen (secondary N) is 1. The van der Waals surface area contributed by atoms with Gasteiger partial charge in [0.2, 0.25) is 0 Å². The van der Waals surface area contributed by atoms with E-state index in [0.29, 0.717) is 15.6 Å². The van der Waals surface area contributed by atoms with Crippen LogP contribution in [0.15, 0.2) is 47.8 Å². The van der Waals surface area contributed by atoms with E-state index in [2.05, 4.69) is 5.32 Å². The number of thiophene rings is 1. The van der Waals surface area contributed by atoms with Crippen molar-refractivity contribution >= 4 is 57.9 Å². The summed E-state index contributed by atoms with van der Waals surface area (Å²) in [5.41, 5.74) is 0.383. The van der Waals surface area contributed by atoms with Crippen LogP contribution in [-0.4, -0.2) is 38.5 Å². The fourth-order valence-electron chi connectivity index (χ4n) is 2.70. The Bertz CT molecular complexity index is 1160. The average Bonchev–Trinajstić information content (AvgIpc) is 3.34. The first-order valence-corrected chi connectivity index (χ1v) is 10.7. The molecule has 0 saturated carbocycles. The third kappa shape index (κ3) is 5.40. The average molecular weight is 494 g/mol. The lowest BCUT2D eigenvalue weighted by Crippen LogP contribution is -2.18. The van der Waals surface area contributed by atoms with Crippen molar-refractivity contribution in [2.75, 3.05) is 26.1 Å². The van der Waals surface area contributed by atoms with E-state index in [0.717, 1.165) is 0 Å². The molecule has 1 N–H and O–H groups in total. The van der Waals surface area contributed by atoms with Crippen molar-refractivity contribution in [2.45, 2.75) is 0 Å². The summed E-state index contributed by atoms with van der Waals surface area (Å²) in [7, 11) is 2.83. The zero-order valence-corrected chi connectivity index (χ0v) is 19.3. The first-order chi connectivity index (χ1) is 15.3. The second-order valence-corrected chi connectivity index (χ2v) is 8.07. The monoisotopic (exact) mass is 493 g/mol. The fourth-order valence-corrected chi connectivity index (χ4v) is 3.62. The highest BCUT2D eigenvalue weighted by atomic mass is 35.5. The summed E-state index contributed by atoms with van der Waals surface area (Å²) in [6, 6.07) is 10.5. The van der Waals surface area contributed by atoms with Gasteiger partial charge in [-0.15, -0.1) is 11.3 Å². The Kier molecular flexibility index (Phi) is 7.74. The lowest BCUT2D eigenvalue weighted by molar-refractivity contribution is 0.0475. The summed E-state index contributed by atoms with van der Waals surface area (Å²) in [6.45, 7) is -0.538. The van der Waals surface area contributed by atoms with Gasteiger partial charge in [-0.1, -0.05) is 29.3 Å². The minimum absolute atomic E-state index is 0.00510. The number of Topliss-reactive ketones (excluding diaryl/α,β-unsaturated/α-hetero) is 1. The molecule has 7 nitrogen and oxygen atoms in total. The Morgan fingerprint density at radius 1 is 0.969 bits per heavy atom. The van der Waals surface area contributed by atoms with E-state index in [1.807, 2.05) is 0 Å². The molecule has 0 fully saturated rings. The molecule has 2 aromatic carbocycles. The van der Waals surface area contributed by atoms with Gasteiger partial charge in [-0.05, 0) is 29.6 Å². The highest BCUT2D eigenvalue weighted by molar-refractivity contribution is 7.12. The number of carbonyl (C=O) groups excluding carboxylic acids is 3. The normalized spacial score (nSPS) is 10.4. The molecule has 0 unspecified atom stereocenters. The van der Waals surface area contributed by atoms with Crippen LogP contribution < -0.4 is 14.8 Å². The van der Waals surface area contributed by atoms with Crippen LogP contribution in [0.25, 0.3) is 0 Å². The number of esters is 1. The summed E-state index contributed by atoms with van der Waals surface area (Å²) >= 11 is 13.0. The molecule has 0 bridgehead atoms. The molecule has 166 valence electrons. The lowest BCUT2D eigenvalue weighted by atomic mass is 10.1. The van der Waals surface area contributed by atoms with E-state index in [9.17, 15) is 14.4 Å². The number of anilines is 1. The number of benzene rings is 2. The van der Waals surface area contributed by atoms with Crippen molar-refractivity contribution in [3.63, 3.8) is 0 Å². The second-order valence-electron chi connectivity index (χ2n) is 6.31. The van der Waals surface area contributed by atoms with Gasteiger partial charge in [-0.2, -0.15) is 0 Å². The third-order valence-electron chi connectivity index (χ3n) is 4.31. The first-order valence-electron chi connectivity index (χ1n) is 9.10. The number of amides is 1. The summed E-state index contributed by atoms with van der Waals surface area (Å²) in [6.07, 6.45) is 0. The zero-order valence-electron chi connectivity index (χ0n) is 16.9. The molecule has 1 aromatic heterocycles. The third-order valence-corrected chi connectivity index (χ3v) is 5.92. The maximum Gasteiger partial charge on any atom is 0.340 e. The molecule has 0 aliphatic heterocycles. The van der Waals surface area contributed by atoms with Crippen LogP contribution >= 0.6 is 34.5 Å². The predicted molar refractivity (Wildman–Crippen MR) is 123 cm³/mol. The van der Waals surface area contributed by atoms with Crippen molar-refractivity contribution in [3.05, 3.63) is 73.9 Å². The Hall–Kier alpha value is -3.07. The quantitative estimate of drug-likeness (QED) is 0.335. The molecule has 0 aliphatic carbocycles. The molecule has 0 atom stereocenters. The predicted octanol–water partition coefficient (Wildman–Crippen LogP) is 5.36. The first kappa shape index (κ1) is 23.6. The van der Waals surface area contributed by atoms with Gasteiger partial charge in [0, 0.05) is 17.7 Å². The Morgan fingerprint density at radius 3 is 2.31 bits per heavy atom. The smallest absolute Gasteiger partial charge is 0.340 e. The van der Waals surface area contributed by atoms with Gasteiger partial charge in [-0.25, -0.2) is 4.79 Å². The van der Waals surface area contributed by atoms with Crippen LogP contribution in [0, 0.1) is 0 Å². The largest absolute Gasteiger partial charge is 0.493 e. The van der Waals surface area contributed by atoms with E-state index in [4.69, 9.17) is 37.4 Å². The number of hydrogen-bond acceptors (Lipinski definition) is 7. The van der Waals surface area contributed by atoms with Crippen molar-refractivity contribution in [1.82, 2.24) is 0 Å². The number of hydrogen-bond donors (Lipinski definition) is 1. The van der Waals surface area contributed by atoms with Gasteiger partial charge in [0.25, 0.3) is 5.91 Å². The minimum atomic E-state index is -0.833. The standard InChI is InChI=1S/C22H17Cl2NO6S/c1-29-18-9-13(16(10-19(18)30-2)25-21(27)20-4-3-7-32-20)22(28)31-11-17(26)12-5-6-14(23)15(24)8-12/h3-10H,11H2,1-2H3,(H,25,27). The Morgan fingerprint density at radius 2 is 1.69 bits per heavy atom. The van der Waals surface area contributed by atoms with Crippen molar-refractivity contribution < 1.29 is 28.6 Å². The number of ether oxygens (including phenoxy) is 3. The maximum absolute atomic E-state index is 12.8. The second kappa shape index (κ2) is 10.5. The molecule has 0 saturated heterocycles. The Labute approximate surface area is 197 Å². The molecule has 0 spiro atoms. The zero-order chi connectivity index (χ0) is 23.3. The molecule has 0 radical (unpaired) electrons. The summed E-state index contributed by atoms with van der Waals surface area (Å²) in [4.78, 5) is 38.2. The van der Waals surface area contributed by atoms with Crippen molar-refractivity contribution in [2.24, 2.45) is 0 Å². The van der Waals surface area contributed by atoms with Crippen LogP contribution in [0.2, 0.25) is 10.0 Å². The van der Waals surface area contributed by atoms with E-state index in [1.165, 1.54) is 55.9 Å². The van der Waals surface area contributed by atoms with Crippen LogP contribution in [0.5, 0.6) is 11.5 Å². The number of halogens is 2. The number of carbonyl (C=O) groups is 3. The topological polar surface area (TPSA) is 90.9 Å². The molecule has 3 aromatic rings. The van der Waals surface area contributed by atoms with Gasteiger partial charge in [0.15, 0.2) is 23.9 Å². The molecule has 1 heterocycles. The summed E-state index contributed by atoms with van der Waals surface area (Å²) < 4.78 is 15.7. The number of rotatable bonds is 8. The molecule has 32 heavy (non-hydrogen) atoms. The van der Waals surface area contributed by atoms with Crippen LogP contribution in [0.1, 0.15) is 30.4 Å².